The van der Waals surface area contributed by atoms with Crippen LogP contribution < -0.4 is 16.0 Å². The summed E-state index contributed by atoms with van der Waals surface area (Å²) in [5, 5.41) is 9.07. The van der Waals surface area contributed by atoms with Gasteiger partial charge in [-0.3, -0.25) is 9.59 Å². The van der Waals surface area contributed by atoms with Crippen LogP contribution in [-0.2, 0) is 16.1 Å². The highest BCUT2D eigenvalue weighted by Crippen LogP contribution is 2.29. The molecule has 0 aromatic heterocycles. The second-order valence-electron chi connectivity index (χ2n) is 6.20. The third-order valence-corrected chi connectivity index (χ3v) is 4.47. The SMILES string of the molecule is CCNC(=O)c1ccc(CNC(=O)C2(COC)CCNCC2)cc1.Cl. The lowest BCUT2D eigenvalue weighted by Crippen LogP contribution is -2.49. The number of amides is 2. The molecule has 1 fully saturated rings. The van der Waals surface area contributed by atoms with Gasteiger partial charge in [0.05, 0.1) is 12.0 Å². The number of methoxy groups -OCH3 is 1. The Labute approximate surface area is 155 Å². The summed E-state index contributed by atoms with van der Waals surface area (Å²) in [6, 6.07) is 7.30. The minimum atomic E-state index is -0.443. The molecule has 6 nitrogen and oxygen atoms in total. The Hall–Kier alpha value is -1.63. The van der Waals surface area contributed by atoms with Gasteiger partial charge in [0, 0.05) is 25.8 Å². The summed E-state index contributed by atoms with van der Waals surface area (Å²) in [6.45, 7) is 5.05. The number of ether oxygens (including phenoxy) is 1. The first-order valence-electron chi connectivity index (χ1n) is 8.46. The van der Waals surface area contributed by atoms with Crippen molar-refractivity contribution in [3.63, 3.8) is 0 Å². The van der Waals surface area contributed by atoms with Crippen molar-refractivity contribution in [1.29, 1.82) is 0 Å². The molecule has 1 aliphatic heterocycles. The highest BCUT2D eigenvalue weighted by atomic mass is 35.5. The van der Waals surface area contributed by atoms with Crippen LogP contribution in [0.3, 0.4) is 0 Å². The van der Waals surface area contributed by atoms with E-state index in [1.54, 1.807) is 19.2 Å². The van der Waals surface area contributed by atoms with Gasteiger partial charge in [0.15, 0.2) is 0 Å². The predicted molar refractivity (Wildman–Crippen MR) is 100.0 cm³/mol. The first-order valence-corrected chi connectivity index (χ1v) is 8.46. The van der Waals surface area contributed by atoms with Gasteiger partial charge < -0.3 is 20.7 Å². The Kier molecular flexibility index (Phi) is 8.89. The predicted octanol–water partition coefficient (Wildman–Crippen LogP) is 1.49. The summed E-state index contributed by atoms with van der Waals surface area (Å²) in [6.07, 6.45) is 1.56. The Morgan fingerprint density at radius 3 is 2.36 bits per heavy atom. The van der Waals surface area contributed by atoms with Crippen molar-refractivity contribution in [2.45, 2.75) is 26.3 Å². The average molecular weight is 370 g/mol. The van der Waals surface area contributed by atoms with Gasteiger partial charge in [-0.15, -0.1) is 12.4 Å². The van der Waals surface area contributed by atoms with Crippen LogP contribution in [-0.4, -0.2) is 45.2 Å². The fraction of sp³-hybridized carbons (Fsp3) is 0.556. The Balaban J connectivity index is 0.00000312. The van der Waals surface area contributed by atoms with Crippen LogP contribution in [0.25, 0.3) is 0 Å². The lowest BCUT2D eigenvalue weighted by atomic mass is 9.78. The molecule has 1 aromatic rings. The van der Waals surface area contributed by atoms with Gasteiger partial charge in [-0.1, -0.05) is 12.1 Å². The van der Waals surface area contributed by atoms with Gasteiger partial charge >= 0.3 is 0 Å². The molecule has 7 heteroatoms. The molecule has 0 radical (unpaired) electrons. The second-order valence-corrected chi connectivity index (χ2v) is 6.20. The minimum Gasteiger partial charge on any atom is -0.384 e. The largest absolute Gasteiger partial charge is 0.384 e. The van der Waals surface area contributed by atoms with Gasteiger partial charge in [0.2, 0.25) is 5.91 Å². The molecule has 0 aliphatic carbocycles. The molecule has 0 atom stereocenters. The van der Waals surface area contributed by atoms with Crippen molar-refractivity contribution >= 4 is 24.2 Å². The maximum absolute atomic E-state index is 12.7. The van der Waals surface area contributed by atoms with E-state index in [0.717, 1.165) is 31.5 Å². The van der Waals surface area contributed by atoms with E-state index in [-0.39, 0.29) is 24.2 Å². The van der Waals surface area contributed by atoms with E-state index in [4.69, 9.17) is 4.74 Å². The molecule has 3 N–H and O–H groups in total. The number of piperidine rings is 1. The summed E-state index contributed by atoms with van der Waals surface area (Å²) < 4.78 is 5.29. The number of halogens is 1. The van der Waals surface area contributed by atoms with E-state index in [1.165, 1.54) is 0 Å². The Morgan fingerprint density at radius 2 is 1.80 bits per heavy atom. The molecule has 1 aromatic carbocycles. The number of carbonyl (C=O) groups is 2. The van der Waals surface area contributed by atoms with Gasteiger partial charge in [0.1, 0.15) is 0 Å². The smallest absolute Gasteiger partial charge is 0.251 e. The molecule has 1 heterocycles. The zero-order chi connectivity index (χ0) is 17.4. The van der Waals surface area contributed by atoms with E-state index in [2.05, 4.69) is 16.0 Å². The lowest BCUT2D eigenvalue weighted by Gasteiger charge is -2.35. The van der Waals surface area contributed by atoms with Gasteiger partial charge in [-0.05, 0) is 50.6 Å². The highest BCUT2D eigenvalue weighted by Gasteiger charge is 2.39. The molecule has 2 amide bonds. The van der Waals surface area contributed by atoms with Gasteiger partial charge in [0.25, 0.3) is 5.91 Å². The van der Waals surface area contributed by atoms with Crippen molar-refractivity contribution in [3.05, 3.63) is 35.4 Å². The molecule has 25 heavy (non-hydrogen) atoms. The van der Waals surface area contributed by atoms with Gasteiger partial charge in [-0.25, -0.2) is 0 Å². The molecule has 1 aliphatic rings. The van der Waals surface area contributed by atoms with E-state index >= 15 is 0 Å². The highest BCUT2D eigenvalue weighted by molar-refractivity contribution is 5.94. The average Bonchev–Trinajstić information content (AvgIpc) is 2.61. The van der Waals surface area contributed by atoms with Crippen LogP contribution in [0, 0.1) is 5.41 Å². The van der Waals surface area contributed by atoms with Crippen LogP contribution in [0.4, 0.5) is 0 Å². The molecule has 0 saturated carbocycles. The number of hydrogen-bond acceptors (Lipinski definition) is 4. The van der Waals surface area contributed by atoms with Crippen molar-refractivity contribution in [2.24, 2.45) is 5.41 Å². The fourth-order valence-electron chi connectivity index (χ4n) is 3.03. The molecule has 140 valence electrons. The van der Waals surface area contributed by atoms with Crippen LogP contribution in [0.5, 0.6) is 0 Å². The molecule has 2 rings (SSSR count). The molecule has 0 spiro atoms. The maximum atomic E-state index is 12.7. The zero-order valence-corrected chi connectivity index (χ0v) is 15.7. The number of hydrogen-bond donors (Lipinski definition) is 3. The van der Waals surface area contributed by atoms with Crippen molar-refractivity contribution in [3.8, 4) is 0 Å². The van der Waals surface area contributed by atoms with E-state index in [9.17, 15) is 9.59 Å². The van der Waals surface area contributed by atoms with E-state index in [1.807, 2.05) is 19.1 Å². The van der Waals surface area contributed by atoms with E-state index < -0.39 is 5.41 Å². The Morgan fingerprint density at radius 1 is 1.16 bits per heavy atom. The first kappa shape index (κ1) is 21.4. The first-order chi connectivity index (χ1) is 11.6. The summed E-state index contributed by atoms with van der Waals surface area (Å²) in [5.74, 6) is -0.0412. The number of benzene rings is 1. The maximum Gasteiger partial charge on any atom is 0.251 e. The van der Waals surface area contributed by atoms with Crippen LogP contribution in [0.1, 0.15) is 35.7 Å². The lowest BCUT2D eigenvalue weighted by molar-refractivity contribution is -0.136. The topological polar surface area (TPSA) is 79.5 Å². The molecular formula is C18H28ClN3O3. The monoisotopic (exact) mass is 369 g/mol. The number of rotatable bonds is 7. The summed E-state index contributed by atoms with van der Waals surface area (Å²) >= 11 is 0. The zero-order valence-electron chi connectivity index (χ0n) is 14.9. The standard InChI is InChI=1S/C18H27N3O3.ClH/c1-3-20-16(22)15-6-4-14(5-7-15)12-21-17(23)18(13-24-2)8-10-19-11-9-18;/h4-7,19H,3,8-13H2,1-2H3,(H,20,22)(H,21,23);1H. The van der Waals surface area contributed by atoms with Crippen LogP contribution in [0.2, 0.25) is 0 Å². The summed E-state index contributed by atoms with van der Waals surface area (Å²) in [5.41, 5.74) is 1.15. The summed E-state index contributed by atoms with van der Waals surface area (Å²) in [4.78, 5) is 24.4. The Bertz CT molecular complexity index is 552. The van der Waals surface area contributed by atoms with Crippen molar-refractivity contribution < 1.29 is 14.3 Å². The third-order valence-electron chi connectivity index (χ3n) is 4.47. The molecule has 0 bridgehead atoms. The van der Waals surface area contributed by atoms with Crippen molar-refractivity contribution in [2.75, 3.05) is 33.4 Å². The van der Waals surface area contributed by atoms with Crippen LogP contribution in [0.15, 0.2) is 24.3 Å². The molecule has 0 unspecified atom stereocenters. The number of nitrogens with one attached hydrogen (secondary N) is 3. The normalized spacial score (nSPS) is 15.8. The summed E-state index contributed by atoms with van der Waals surface area (Å²) in [7, 11) is 1.64. The molecule has 1 saturated heterocycles. The van der Waals surface area contributed by atoms with Gasteiger partial charge in [-0.2, -0.15) is 0 Å². The minimum absolute atomic E-state index is 0. The third kappa shape index (κ3) is 5.70. The molecular weight excluding hydrogens is 342 g/mol. The second kappa shape index (κ2) is 10.4. The quantitative estimate of drug-likeness (QED) is 0.680. The van der Waals surface area contributed by atoms with Crippen molar-refractivity contribution in [1.82, 2.24) is 16.0 Å². The van der Waals surface area contributed by atoms with Crippen LogP contribution >= 0.6 is 12.4 Å². The fourth-order valence-corrected chi connectivity index (χ4v) is 3.03. The van der Waals surface area contributed by atoms with E-state index in [0.29, 0.717) is 25.3 Å². The number of carbonyl (C=O) groups excluding carboxylic acids is 2.